The van der Waals surface area contributed by atoms with Gasteiger partial charge in [-0.1, -0.05) is 164 Å². The molecule has 0 aliphatic rings. The van der Waals surface area contributed by atoms with Gasteiger partial charge in [0.25, 0.3) is 0 Å². The maximum Gasteiger partial charge on any atom is 0.0547 e. The molecule has 1 aromatic heterocycles. The normalized spacial score (nSPS) is 11.3. The van der Waals surface area contributed by atoms with Crippen LogP contribution in [0.2, 0.25) is 0 Å². The van der Waals surface area contributed by atoms with Gasteiger partial charge in [-0.15, -0.1) is 0 Å². The minimum absolute atomic E-state index is 1.11. The molecule has 1 heterocycles. The van der Waals surface area contributed by atoms with E-state index in [1.54, 1.807) is 0 Å². The van der Waals surface area contributed by atoms with Crippen LogP contribution in [0.15, 0.2) is 218 Å². The molecule has 254 valence electrons. The number of para-hydroxylation sites is 2. The zero-order chi connectivity index (χ0) is 35.8. The monoisotopic (exact) mass is 688 g/mol. The molecule has 10 rings (SSSR count). The van der Waals surface area contributed by atoms with Gasteiger partial charge in [0.05, 0.1) is 16.7 Å². The Kier molecular flexibility index (Phi) is 7.85. The average molecular weight is 689 g/mol. The fraction of sp³-hybridized carbons (Fsp3) is 0. The van der Waals surface area contributed by atoms with Gasteiger partial charge in [0.15, 0.2) is 0 Å². The Hall–Kier alpha value is -7.16. The van der Waals surface area contributed by atoms with E-state index in [1.165, 1.54) is 66.0 Å². The van der Waals surface area contributed by atoms with E-state index in [1.807, 2.05) is 0 Å². The summed E-state index contributed by atoms with van der Waals surface area (Å²) in [5.74, 6) is 0. The van der Waals surface area contributed by atoms with E-state index in [0.717, 1.165) is 22.7 Å². The van der Waals surface area contributed by atoms with Crippen molar-refractivity contribution in [3.05, 3.63) is 218 Å². The van der Waals surface area contributed by atoms with Crippen molar-refractivity contribution in [2.75, 3.05) is 4.90 Å². The molecule has 0 bridgehead atoms. The van der Waals surface area contributed by atoms with Gasteiger partial charge in [-0.05, 0) is 93.4 Å². The molecule has 0 saturated heterocycles. The first-order valence-electron chi connectivity index (χ1n) is 18.5. The van der Waals surface area contributed by atoms with Crippen molar-refractivity contribution in [1.82, 2.24) is 4.57 Å². The number of hydrogen-bond donors (Lipinski definition) is 0. The first kappa shape index (κ1) is 31.6. The second kappa shape index (κ2) is 13.4. The third-order valence-corrected chi connectivity index (χ3v) is 10.6. The number of benzene rings is 9. The molecule has 0 radical (unpaired) electrons. The number of anilines is 3. The van der Waals surface area contributed by atoms with E-state index in [-0.39, 0.29) is 0 Å². The maximum atomic E-state index is 2.39. The van der Waals surface area contributed by atoms with Crippen molar-refractivity contribution < 1.29 is 0 Å². The Balaban J connectivity index is 1.07. The van der Waals surface area contributed by atoms with Gasteiger partial charge < -0.3 is 9.47 Å². The van der Waals surface area contributed by atoms with E-state index < -0.39 is 0 Å². The summed E-state index contributed by atoms with van der Waals surface area (Å²) in [5, 5.41) is 4.95. The van der Waals surface area contributed by atoms with Crippen LogP contribution in [0.5, 0.6) is 0 Å². The van der Waals surface area contributed by atoms with Crippen LogP contribution < -0.4 is 4.90 Å². The van der Waals surface area contributed by atoms with Crippen LogP contribution >= 0.6 is 0 Å². The SMILES string of the molecule is c1ccc(-c2ccc(N(c3ccc(-c4ccccc4-c4ccc5c6ccccc6n(-c6ccccc6)c5c4)cc3)c3cccc4ccccc34)cc2)cc1. The number of aromatic nitrogens is 1. The summed E-state index contributed by atoms with van der Waals surface area (Å²) in [6.07, 6.45) is 0. The zero-order valence-corrected chi connectivity index (χ0v) is 29.7. The molecule has 2 heteroatoms. The highest BCUT2D eigenvalue weighted by Gasteiger charge is 2.18. The lowest BCUT2D eigenvalue weighted by Gasteiger charge is -2.27. The van der Waals surface area contributed by atoms with Gasteiger partial charge >= 0.3 is 0 Å². The Morgan fingerprint density at radius 3 is 1.57 bits per heavy atom. The molecular formula is C52H36N2. The van der Waals surface area contributed by atoms with E-state index in [4.69, 9.17) is 0 Å². The molecule has 2 nitrogen and oxygen atoms in total. The number of fused-ring (bicyclic) bond motifs is 4. The van der Waals surface area contributed by atoms with Crippen molar-refractivity contribution in [1.29, 1.82) is 0 Å². The maximum absolute atomic E-state index is 2.39. The quantitative estimate of drug-likeness (QED) is 0.162. The highest BCUT2D eigenvalue weighted by Crippen LogP contribution is 2.42. The van der Waals surface area contributed by atoms with Gasteiger partial charge in [0, 0.05) is 33.2 Å². The predicted octanol–water partition coefficient (Wildman–Crippen LogP) is 14.4. The molecule has 0 aliphatic carbocycles. The highest BCUT2D eigenvalue weighted by atomic mass is 15.1. The van der Waals surface area contributed by atoms with E-state index >= 15 is 0 Å². The van der Waals surface area contributed by atoms with Crippen molar-refractivity contribution in [3.63, 3.8) is 0 Å². The molecule has 54 heavy (non-hydrogen) atoms. The molecule has 9 aromatic carbocycles. The fourth-order valence-electron chi connectivity index (χ4n) is 8.03. The lowest BCUT2D eigenvalue weighted by Crippen LogP contribution is -2.10. The lowest BCUT2D eigenvalue weighted by atomic mass is 9.93. The molecule has 0 spiro atoms. The van der Waals surface area contributed by atoms with Gasteiger partial charge in [-0.25, -0.2) is 0 Å². The summed E-state index contributed by atoms with van der Waals surface area (Å²) in [4.78, 5) is 2.38. The van der Waals surface area contributed by atoms with Crippen molar-refractivity contribution in [2.45, 2.75) is 0 Å². The number of hydrogen-bond acceptors (Lipinski definition) is 1. The van der Waals surface area contributed by atoms with Crippen molar-refractivity contribution in [2.24, 2.45) is 0 Å². The van der Waals surface area contributed by atoms with Crippen LogP contribution in [-0.2, 0) is 0 Å². The molecule has 0 amide bonds. The zero-order valence-electron chi connectivity index (χ0n) is 29.7. The summed E-state index contributed by atoms with van der Waals surface area (Å²) in [7, 11) is 0. The van der Waals surface area contributed by atoms with Crippen LogP contribution in [0.1, 0.15) is 0 Å². The molecule has 0 fully saturated rings. The van der Waals surface area contributed by atoms with Crippen molar-refractivity contribution in [3.8, 4) is 39.1 Å². The Bertz CT molecular complexity index is 2900. The lowest BCUT2D eigenvalue weighted by molar-refractivity contribution is 1.18. The first-order valence-corrected chi connectivity index (χ1v) is 18.5. The van der Waals surface area contributed by atoms with E-state index in [0.29, 0.717) is 0 Å². The van der Waals surface area contributed by atoms with Crippen LogP contribution in [0, 0.1) is 0 Å². The topological polar surface area (TPSA) is 8.17 Å². The smallest absolute Gasteiger partial charge is 0.0547 e. The second-order valence-electron chi connectivity index (χ2n) is 13.8. The van der Waals surface area contributed by atoms with Crippen LogP contribution in [0.25, 0.3) is 71.6 Å². The Labute approximate surface area is 315 Å². The first-order chi connectivity index (χ1) is 26.8. The Morgan fingerprint density at radius 1 is 0.315 bits per heavy atom. The van der Waals surface area contributed by atoms with Crippen LogP contribution in [0.4, 0.5) is 17.1 Å². The second-order valence-corrected chi connectivity index (χ2v) is 13.8. The van der Waals surface area contributed by atoms with Gasteiger partial charge in [0.1, 0.15) is 0 Å². The van der Waals surface area contributed by atoms with Crippen molar-refractivity contribution >= 4 is 49.6 Å². The van der Waals surface area contributed by atoms with Gasteiger partial charge in [-0.3, -0.25) is 0 Å². The van der Waals surface area contributed by atoms with Gasteiger partial charge in [0.2, 0.25) is 0 Å². The summed E-state index contributed by atoms with van der Waals surface area (Å²) in [6, 6.07) is 78.8. The molecule has 0 unspecified atom stereocenters. The van der Waals surface area contributed by atoms with Crippen LogP contribution in [0.3, 0.4) is 0 Å². The predicted molar refractivity (Wildman–Crippen MR) is 229 cm³/mol. The van der Waals surface area contributed by atoms with E-state index in [9.17, 15) is 0 Å². The van der Waals surface area contributed by atoms with Gasteiger partial charge in [-0.2, -0.15) is 0 Å². The standard InChI is InChI=1S/C52H36N2/c1-3-14-37(15-4-1)38-26-31-43(32-27-38)53(50-25-13-17-39-16-7-8-22-47(39)50)44-33-28-40(29-34-44)45-20-9-10-21-46(45)41-30-35-49-48-23-11-12-24-51(48)54(52(49)36-41)42-18-5-2-6-19-42/h1-36H. The minimum atomic E-state index is 1.11. The van der Waals surface area contributed by atoms with Crippen LogP contribution in [-0.4, -0.2) is 4.57 Å². The third-order valence-electron chi connectivity index (χ3n) is 10.6. The largest absolute Gasteiger partial charge is 0.310 e. The summed E-state index contributed by atoms with van der Waals surface area (Å²) in [6.45, 7) is 0. The van der Waals surface area contributed by atoms with E-state index in [2.05, 4.69) is 228 Å². The Morgan fingerprint density at radius 2 is 0.833 bits per heavy atom. The third kappa shape index (κ3) is 5.53. The molecule has 0 saturated carbocycles. The summed E-state index contributed by atoms with van der Waals surface area (Å²) < 4.78 is 2.39. The molecule has 0 aliphatic heterocycles. The fourth-order valence-corrected chi connectivity index (χ4v) is 8.03. The number of rotatable bonds is 7. The molecule has 0 atom stereocenters. The average Bonchev–Trinajstić information content (AvgIpc) is 3.59. The summed E-state index contributed by atoms with van der Waals surface area (Å²) >= 11 is 0. The highest BCUT2D eigenvalue weighted by molar-refractivity contribution is 6.10. The minimum Gasteiger partial charge on any atom is -0.310 e. The summed E-state index contributed by atoms with van der Waals surface area (Å²) in [5.41, 5.74) is 14.1. The molecular weight excluding hydrogens is 653 g/mol. The molecule has 0 N–H and O–H groups in total. The number of nitrogens with zero attached hydrogens (tertiary/aromatic N) is 2. The molecule has 10 aromatic rings.